The van der Waals surface area contributed by atoms with Gasteiger partial charge in [0.2, 0.25) is 0 Å². The van der Waals surface area contributed by atoms with Gasteiger partial charge in [0.15, 0.2) is 6.29 Å². The first-order valence-corrected chi connectivity index (χ1v) is 6.55. The quantitative estimate of drug-likeness (QED) is 0.455. The fraction of sp³-hybridized carbons (Fsp3) is 0. The van der Waals surface area contributed by atoms with Gasteiger partial charge in [-0.1, -0.05) is 11.6 Å². The van der Waals surface area contributed by atoms with Gasteiger partial charge in [-0.2, -0.15) is 0 Å². The summed E-state index contributed by atoms with van der Waals surface area (Å²) in [6, 6.07) is 8.71. The van der Waals surface area contributed by atoms with E-state index in [1.807, 2.05) is 0 Å². The second-order valence-electron chi connectivity index (χ2n) is 3.77. The van der Waals surface area contributed by atoms with Crippen molar-refractivity contribution < 1.29 is 14.5 Å². The van der Waals surface area contributed by atoms with Crippen molar-refractivity contribution in [3.05, 3.63) is 61.6 Å². The molecule has 0 heterocycles. The highest BCUT2D eigenvalue weighted by Crippen LogP contribution is 2.34. The zero-order chi connectivity index (χ0) is 14.7. The summed E-state index contributed by atoms with van der Waals surface area (Å²) >= 11 is 9.10. The fourth-order valence-corrected chi connectivity index (χ4v) is 2.27. The third-order valence-electron chi connectivity index (χ3n) is 2.44. The molecule has 0 aliphatic carbocycles. The first kappa shape index (κ1) is 14.5. The molecule has 5 nitrogen and oxygen atoms in total. The minimum atomic E-state index is -0.574. The number of benzene rings is 2. The average molecular weight is 357 g/mol. The first-order chi connectivity index (χ1) is 9.51. The number of rotatable bonds is 4. The Kier molecular flexibility index (Phi) is 4.36. The lowest BCUT2D eigenvalue weighted by atomic mass is 10.2. The molecule has 0 saturated heterocycles. The maximum absolute atomic E-state index is 11.0. The van der Waals surface area contributed by atoms with Gasteiger partial charge < -0.3 is 4.74 Å². The van der Waals surface area contributed by atoms with E-state index >= 15 is 0 Å². The van der Waals surface area contributed by atoms with E-state index in [2.05, 4.69) is 15.9 Å². The molecule has 2 aromatic rings. The Morgan fingerprint density at radius 1 is 1.20 bits per heavy atom. The SMILES string of the molecule is O=Cc1cc([N+](=O)[O-])ccc1Oc1ccc(Cl)cc1Br. The van der Waals surface area contributed by atoms with Gasteiger partial charge in [0, 0.05) is 17.2 Å². The van der Waals surface area contributed by atoms with E-state index in [1.54, 1.807) is 18.2 Å². The topological polar surface area (TPSA) is 69.4 Å². The van der Waals surface area contributed by atoms with Crippen LogP contribution in [0, 0.1) is 10.1 Å². The van der Waals surface area contributed by atoms with Crippen LogP contribution in [-0.4, -0.2) is 11.2 Å². The van der Waals surface area contributed by atoms with Crippen LogP contribution in [0.2, 0.25) is 5.02 Å². The molecule has 0 fully saturated rings. The maximum Gasteiger partial charge on any atom is 0.270 e. The molecule has 0 aliphatic heterocycles. The van der Waals surface area contributed by atoms with Crippen LogP contribution in [0.25, 0.3) is 0 Å². The Hall–Kier alpha value is -1.92. The van der Waals surface area contributed by atoms with Crippen molar-refractivity contribution in [1.29, 1.82) is 0 Å². The van der Waals surface area contributed by atoms with Gasteiger partial charge in [-0.3, -0.25) is 14.9 Å². The molecule has 0 N–H and O–H groups in total. The summed E-state index contributed by atoms with van der Waals surface area (Å²) in [6.07, 6.45) is 0.506. The molecule has 0 aromatic heterocycles. The third-order valence-corrected chi connectivity index (χ3v) is 3.30. The number of ether oxygens (including phenoxy) is 1. The summed E-state index contributed by atoms with van der Waals surface area (Å²) in [5, 5.41) is 11.2. The van der Waals surface area contributed by atoms with Crippen molar-refractivity contribution in [2.24, 2.45) is 0 Å². The van der Waals surface area contributed by atoms with Crippen LogP contribution >= 0.6 is 27.5 Å². The molecule has 0 aliphatic rings. The van der Waals surface area contributed by atoms with Crippen LogP contribution in [0.4, 0.5) is 5.69 Å². The summed E-state index contributed by atoms with van der Waals surface area (Å²) in [5.74, 6) is 0.681. The maximum atomic E-state index is 11.0. The summed E-state index contributed by atoms with van der Waals surface area (Å²) in [6.45, 7) is 0. The molecule has 0 bridgehead atoms. The Balaban J connectivity index is 2.38. The average Bonchev–Trinajstić information content (AvgIpc) is 2.42. The lowest BCUT2D eigenvalue weighted by molar-refractivity contribution is -0.384. The van der Waals surface area contributed by atoms with Crippen LogP contribution in [0.3, 0.4) is 0 Å². The predicted octanol–water partition coefficient (Wildman–Crippen LogP) is 4.62. The van der Waals surface area contributed by atoms with Gasteiger partial charge in [0.25, 0.3) is 5.69 Å². The monoisotopic (exact) mass is 355 g/mol. The summed E-state index contributed by atoms with van der Waals surface area (Å²) in [7, 11) is 0. The van der Waals surface area contributed by atoms with E-state index < -0.39 is 4.92 Å². The highest BCUT2D eigenvalue weighted by molar-refractivity contribution is 9.10. The minimum absolute atomic E-state index is 0.0982. The minimum Gasteiger partial charge on any atom is -0.455 e. The molecule has 2 rings (SSSR count). The second-order valence-corrected chi connectivity index (χ2v) is 5.06. The molecule has 0 amide bonds. The van der Waals surface area contributed by atoms with E-state index in [0.29, 0.717) is 21.5 Å². The molecule has 0 unspecified atom stereocenters. The Labute approximate surface area is 127 Å². The Morgan fingerprint density at radius 2 is 1.90 bits per heavy atom. The van der Waals surface area contributed by atoms with E-state index in [4.69, 9.17) is 16.3 Å². The molecule has 20 heavy (non-hydrogen) atoms. The molecule has 0 saturated carbocycles. The number of non-ortho nitro benzene ring substituents is 1. The van der Waals surface area contributed by atoms with Crippen molar-refractivity contribution in [3.8, 4) is 11.5 Å². The smallest absolute Gasteiger partial charge is 0.270 e. The van der Waals surface area contributed by atoms with Crippen LogP contribution < -0.4 is 4.74 Å². The molecule has 0 spiro atoms. The van der Waals surface area contributed by atoms with E-state index in [-0.39, 0.29) is 17.0 Å². The van der Waals surface area contributed by atoms with Gasteiger partial charge in [0.1, 0.15) is 11.5 Å². The first-order valence-electron chi connectivity index (χ1n) is 5.38. The number of carbonyl (C=O) groups excluding carboxylic acids is 1. The molecule has 102 valence electrons. The Morgan fingerprint density at radius 3 is 2.50 bits per heavy atom. The van der Waals surface area contributed by atoms with Crippen molar-refractivity contribution >= 4 is 39.5 Å². The number of nitro benzene ring substituents is 1. The van der Waals surface area contributed by atoms with Crippen molar-refractivity contribution in [1.82, 2.24) is 0 Å². The van der Waals surface area contributed by atoms with Crippen molar-refractivity contribution in [2.75, 3.05) is 0 Å². The lowest BCUT2D eigenvalue weighted by Crippen LogP contribution is -1.94. The molecule has 0 atom stereocenters. The lowest BCUT2D eigenvalue weighted by Gasteiger charge is -2.09. The molecule has 7 heteroatoms. The highest BCUT2D eigenvalue weighted by atomic mass is 79.9. The number of hydrogen-bond donors (Lipinski definition) is 0. The van der Waals surface area contributed by atoms with E-state index in [0.717, 1.165) is 6.07 Å². The zero-order valence-electron chi connectivity index (χ0n) is 9.88. The van der Waals surface area contributed by atoms with Gasteiger partial charge in [-0.25, -0.2) is 0 Å². The predicted molar refractivity (Wildman–Crippen MR) is 77.7 cm³/mol. The Bertz CT molecular complexity index is 690. The van der Waals surface area contributed by atoms with E-state index in [1.165, 1.54) is 12.1 Å². The summed E-state index contributed by atoms with van der Waals surface area (Å²) in [4.78, 5) is 21.1. The largest absolute Gasteiger partial charge is 0.455 e. The van der Waals surface area contributed by atoms with Crippen LogP contribution in [0.15, 0.2) is 40.9 Å². The standard InChI is InChI=1S/C13H7BrClNO4/c14-11-6-9(15)1-3-13(11)20-12-4-2-10(16(18)19)5-8(12)7-17/h1-7H. The highest BCUT2D eigenvalue weighted by Gasteiger charge is 2.13. The van der Waals surface area contributed by atoms with Crippen LogP contribution in [0.5, 0.6) is 11.5 Å². The third kappa shape index (κ3) is 3.15. The number of hydrogen-bond acceptors (Lipinski definition) is 4. The number of carbonyl (C=O) groups is 1. The fourth-order valence-electron chi connectivity index (χ4n) is 1.51. The molecular formula is C13H7BrClNO4. The second kappa shape index (κ2) is 6.02. The normalized spacial score (nSPS) is 10.1. The van der Waals surface area contributed by atoms with Gasteiger partial charge in [-0.15, -0.1) is 0 Å². The number of nitro groups is 1. The number of halogens is 2. The van der Waals surface area contributed by atoms with Crippen molar-refractivity contribution in [2.45, 2.75) is 0 Å². The molecule has 2 aromatic carbocycles. The zero-order valence-corrected chi connectivity index (χ0v) is 12.2. The van der Waals surface area contributed by atoms with E-state index in [9.17, 15) is 14.9 Å². The van der Waals surface area contributed by atoms with Crippen molar-refractivity contribution in [3.63, 3.8) is 0 Å². The van der Waals surface area contributed by atoms with Gasteiger partial charge >= 0.3 is 0 Å². The number of aldehydes is 1. The number of nitrogens with zero attached hydrogens (tertiary/aromatic N) is 1. The summed E-state index contributed by atoms with van der Waals surface area (Å²) < 4.78 is 6.17. The van der Waals surface area contributed by atoms with Crippen LogP contribution in [0.1, 0.15) is 10.4 Å². The van der Waals surface area contributed by atoms with Crippen LogP contribution in [-0.2, 0) is 0 Å². The van der Waals surface area contributed by atoms with Gasteiger partial charge in [-0.05, 0) is 40.2 Å². The molecular weight excluding hydrogens is 350 g/mol. The van der Waals surface area contributed by atoms with Gasteiger partial charge in [0.05, 0.1) is 15.0 Å². The summed E-state index contributed by atoms with van der Waals surface area (Å²) in [5.41, 5.74) is -0.0735. The molecule has 0 radical (unpaired) electrons.